The van der Waals surface area contributed by atoms with Crippen molar-refractivity contribution in [3.63, 3.8) is 0 Å². The zero-order chi connectivity index (χ0) is 17.3. The van der Waals surface area contributed by atoms with Crippen LogP contribution in [-0.4, -0.2) is 27.8 Å². The fourth-order valence-electron chi connectivity index (χ4n) is 2.67. The van der Waals surface area contributed by atoms with Crippen LogP contribution in [0.15, 0.2) is 36.4 Å². The van der Waals surface area contributed by atoms with Crippen LogP contribution >= 0.6 is 0 Å². The van der Waals surface area contributed by atoms with Gasteiger partial charge in [0.25, 0.3) is 5.91 Å². The molecule has 0 amide bonds. The zero-order valence-electron chi connectivity index (χ0n) is 14.0. The number of hydrogen-bond acceptors (Lipinski definition) is 5. The number of rotatable bonds is 4. The largest absolute Gasteiger partial charge is 0.496 e. The van der Waals surface area contributed by atoms with E-state index in [2.05, 4.69) is 23.9 Å². The number of nitrogens with two attached hydrogens (primary N) is 1. The molecule has 0 aliphatic carbocycles. The lowest BCUT2D eigenvalue weighted by molar-refractivity contribution is 0.0947. The lowest BCUT2D eigenvalue weighted by Crippen LogP contribution is -2.15. The molecule has 0 saturated heterocycles. The molecule has 0 spiro atoms. The van der Waals surface area contributed by atoms with E-state index in [0.29, 0.717) is 28.3 Å². The minimum absolute atomic E-state index is 0.289. The summed E-state index contributed by atoms with van der Waals surface area (Å²) in [5.41, 5.74) is 7.76. The van der Waals surface area contributed by atoms with Crippen molar-refractivity contribution in [2.45, 2.75) is 20.3 Å². The van der Waals surface area contributed by atoms with E-state index in [0.717, 1.165) is 12.1 Å². The predicted octanol–water partition coefficient (Wildman–Crippen LogP) is 2.91. The molecule has 0 saturated carbocycles. The van der Waals surface area contributed by atoms with Gasteiger partial charge in [-0.25, -0.2) is 4.98 Å². The molecule has 6 heteroatoms. The van der Waals surface area contributed by atoms with Crippen molar-refractivity contribution in [3.8, 4) is 5.75 Å². The number of aromatic nitrogens is 3. The average Bonchev–Trinajstić information content (AvgIpc) is 2.90. The Morgan fingerprint density at radius 3 is 2.71 bits per heavy atom. The Labute approximate surface area is 140 Å². The molecule has 0 fully saturated rings. The lowest BCUT2D eigenvalue weighted by Gasteiger charge is -2.08. The first kappa shape index (κ1) is 16.0. The minimum Gasteiger partial charge on any atom is -0.496 e. The first-order valence-electron chi connectivity index (χ1n) is 7.83. The molecule has 0 radical (unpaired) electrons. The molecule has 0 bridgehead atoms. The van der Waals surface area contributed by atoms with Gasteiger partial charge in [-0.15, -0.1) is 5.10 Å². The fourth-order valence-corrected chi connectivity index (χ4v) is 2.67. The number of nitrogens with zero attached hydrogens (tertiary/aromatic N) is 3. The Balaban J connectivity index is 2.13. The minimum atomic E-state index is -0.316. The van der Waals surface area contributed by atoms with E-state index in [4.69, 9.17) is 10.5 Å². The Morgan fingerprint density at radius 1 is 1.25 bits per heavy atom. The van der Waals surface area contributed by atoms with Crippen LogP contribution in [0.3, 0.4) is 0 Å². The average molecular weight is 324 g/mol. The molecule has 2 heterocycles. The molecule has 0 atom stereocenters. The third-order valence-corrected chi connectivity index (χ3v) is 3.76. The normalized spacial score (nSPS) is 11.2. The highest BCUT2D eigenvalue weighted by Crippen LogP contribution is 2.24. The van der Waals surface area contributed by atoms with E-state index in [1.54, 1.807) is 18.2 Å². The van der Waals surface area contributed by atoms with Gasteiger partial charge >= 0.3 is 0 Å². The number of ether oxygens (including phenoxy) is 1. The number of anilines is 1. The molecule has 0 aliphatic rings. The summed E-state index contributed by atoms with van der Waals surface area (Å²) in [5.74, 6) is 0.928. The Bertz CT molecular complexity index is 899. The van der Waals surface area contributed by atoms with Gasteiger partial charge in [0, 0.05) is 5.69 Å². The summed E-state index contributed by atoms with van der Waals surface area (Å²) in [6.45, 7) is 4.25. The Hall–Kier alpha value is -2.89. The van der Waals surface area contributed by atoms with Crippen LogP contribution in [0.1, 0.15) is 29.9 Å². The summed E-state index contributed by atoms with van der Waals surface area (Å²) < 4.78 is 6.53. The van der Waals surface area contributed by atoms with Crippen molar-refractivity contribution in [3.05, 3.63) is 47.7 Å². The third-order valence-electron chi connectivity index (χ3n) is 3.76. The molecular weight excluding hydrogens is 304 g/mol. The SMILES string of the molecule is COc1ccccc1C(=O)n1nc(N)c2ccc(CC(C)C)nc21. The zero-order valence-corrected chi connectivity index (χ0v) is 14.0. The highest BCUT2D eigenvalue weighted by atomic mass is 16.5. The standard InChI is InChI=1S/C18H20N4O2/c1-11(2)10-12-8-9-14-16(19)21-22(17(14)20-12)18(23)13-6-4-5-7-15(13)24-3/h4-9,11H,10H2,1-3H3,(H2,19,21). The van der Waals surface area contributed by atoms with Crippen molar-refractivity contribution in [1.29, 1.82) is 0 Å². The number of para-hydroxylation sites is 1. The van der Waals surface area contributed by atoms with E-state index in [1.165, 1.54) is 11.8 Å². The number of nitrogen functional groups attached to an aromatic ring is 1. The monoisotopic (exact) mass is 324 g/mol. The van der Waals surface area contributed by atoms with Crippen LogP contribution < -0.4 is 10.5 Å². The van der Waals surface area contributed by atoms with E-state index in [1.807, 2.05) is 18.2 Å². The number of carbonyl (C=O) groups excluding carboxylic acids is 1. The topological polar surface area (TPSA) is 83.0 Å². The highest BCUT2D eigenvalue weighted by molar-refractivity contribution is 6.03. The molecule has 24 heavy (non-hydrogen) atoms. The van der Waals surface area contributed by atoms with Gasteiger partial charge < -0.3 is 10.5 Å². The third kappa shape index (κ3) is 2.82. The first-order valence-corrected chi connectivity index (χ1v) is 7.83. The van der Waals surface area contributed by atoms with Crippen LogP contribution in [-0.2, 0) is 6.42 Å². The predicted molar refractivity (Wildman–Crippen MR) is 93.2 cm³/mol. The number of carbonyl (C=O) groups is 1. The van der Waals surface area contributed by atoms with E-state index < -0.39 is 0 Å². The molecular formula is C18H20N4O2. The molecule has 2 N–H and O–H groups in total. The second kappa shape index (κ2) is 6.31. The lowest BCUT2D eigenvalue weighted by atomic mass is 10.1. The van der Waals surface area contributed by atoms with Crippen LogP contribution in [0.4, 0.5) is 5.82 Å². The van der Waals surface area contributed by atoms with Crippen LogP contribution in [0.5, 0.6) is 5.75 Å². The maximum absolute atomic E-state index is 12.9. The number of fused-ring (bicyclic) bond motifs is 1. The number of hydrogen-bond donors (Lipinski definition) is 1. The maximum atomic E-state index is 12.9. The summed E-state index contributed by atoms with van der Waals surface area (Å²) in [6, 6.07) is 10.8. The van der Waals surface area contributed by atoms with Crippen LogP contribution in [0.25, 0.3) is 11.0 Å². The van der Waals surface area contributed by atoms with Gasteiger partial charge in [-0.1, -0.05) is 26.0 Å². The number of pyridine rings is 1. The molecule has 6 nitrogen and oxygen atoms in total. The van der Waals surface area contributed by atoms with Crippen molar-refractivity contribution in [2.24, 2.45) is 5.92 Å². The van der Waals surface area contributed by atoms with Gasteiger partial charge in [0.15, 0.2) is 11.5 Å². The van der Waals surface area contributed by atoms with E-state index in [-0.39, 0.29) is 11.7 Å². The molecule has 3 rings (SSSR count). The van der Waals surface area contributed by atoms with Crippen molar-refractivity contribution < 1.29 is 9.53 Å². The summed E-state index contributed by atoms with van der Waals surface area (Å²) >= 11 is 0. The summed E-state index contributed by atoms with van der Waals surface area (Å²) in [7, 11) is 1.53. The Morgan fingerprint density at radius 2 is 2.00 bits per heavy atom. The molecule has 2 aromatic heterocycles. The van der Waals surface area contributed by atoms with E-state index >= 15 is 0 Å². The first-order chi connectivity index (χ1) is 11.5. The van der Waals surface area contributed by atoms with Gasteiger partial charge in [0.1, 0.15) is 5.75 Å². The molecule has 124 valence electrons. The fraction of sp³-hybridized carbons (Fsp3) is 0.278. The number of benzene rings is 1. The van der Waals surface area contributed by atoms with Crippen molar-refractivity contribution >= 4 is 22.8 Å². The Kier molecular flexibility index (Phi) is 4.20. The summed E-state index contributed by atoms with van der Waals surface area (Å²) in [4.78, 5) is 17.5. The van der Waals surface area contributed by atoms with Gasteiger partial charge in [-0.3, -0.25) is 4.79 Å². The molecule has 0 aliphatic heterocycles. The van der Waals surface area contributed by atoms with Crippen molar-refractivity contribution in [1.82, 2.24) is 14.8 Å². The van der Waals surface area contributed by atoms with E-state index in [9.17, 15) is 4.79 Å². The second-order valence-corrected chi connectivity index (χ2v) is 6.07. The smallest absolute Gasteiger partial charge is 0.283 e. The summed E-state index contributed by atoms with van der Waals surface area (Å²) in [6.07, 6.45) is 0.823. The summed E-state index contributed by atoms with van der Waals surface area (Å²) in [5, 5.41) is 4.86. The maximum Gasteiger partial charge on any atom is 0.283 e. The van der Waals surface area contributed by atoms with Gasteiger partial charge in [0.05, 0.1) is 18.1 Å². The molecule has 0 unspecified atom stereocenters. The second-order valence-electron chi connectivity index (χ2n) is 6.07. The number of methoxy groups -OCH3 is 1. The van der Waals surface area contributed by atoms with Crippen LogP contribution in [0, 0.1) is 5.92 Å². The van der Waals surface area contributed by atoms with Gasteiger partial charge in [0.2, 0.25) is 0 Å². The quantitative estimate of drug-likeness (QED) is 0.798. The van der Waals surface area contributed by atoms with Gasteiger partial charge in [-0.05, 0) is 36.6 Å². The van der Waals surface area contributed by atoms with Crippen LogP contribution in [0.2, 0.25) is 0 Å². The van der Waals surface area contributed by atoms with Gasteiger partial charge in [-0.2, -0.15) is 4.68 Å². The molecule has 1 aromatic carbocycles. The molecule has 3 aromatic rings. The highest BCUT2D eigenvalue weighted by Gasteiger charge is 2.20. The van der Waals surface area contributed by atoms with Crippen molar-refractivity contribution in [2.75, 3.05) is 12.8 Å².